The average Bonchev–Trinajstić information content (AvgIpc) is 2.56. The molecule has 0 bridgehead atoms. The molecular formula is C14H12F16O3. The predicted molar refractivity (Wildman–Crippen MR) is 72.8 cm³/mol. The van der Waals surface area contributed by atoms with Gasteiger partial charge in [-0.25, -0.2) is 8.78 Å². The second-order valence-corrected chi connectivity index (χ2v) is 6.13. The molecular weight excluding hydrogens is 520 g/mol. The Labute approximate surface area is 173 Å². The fourth-order valence-electron chi connectivity index (χ4n) is 1.56. The highest BCUT2D eigenvalue weighted by molar-refractivity contribution is 4.97. The number of alkyl halides is 16. The molecule has 0 fully saturated rings. The first-order valence-electron chi connectivity index (χ1n) is 7.92. The Hall–Kier alpha value is -1.66. The smallest absolute Gasteiger partial charge is 0.460 e. The Morgan fingerprint density at radius 1 is 0.758 bits per heavy atom. The highest BCUT2D eigenvalue weighted by Gasteiger charge is 2.83. The lowest BCUT2D eigenvalue weighted by atomic mass is 10.1. The van der Waals surface area contributed by atoms with Gasteiger partial charge in [0.1, 0.15) is 0 Å². The third-order valence-corrected chi connectivity index (χ3v) is 3.26. The van der Waals surface area contributed by atoms with E-state index in [9.17, 15) is 70.2 Å². The molecule has 0 aliphatic carbocycles. The first-order chi connectivity index (χ1) is 14.3. The van der Waals surface area contributed by atoms with Crippen molar-refractivity contribution in [3.63, 3.8) is 0 Å². The molecule has 2 unspecified atom stereocenters. The van der Waals surface area contributed by atoms with Crippen molar-refractivity contribution in [2.75, 3.05) is 0 Å². The standard InChI is InChI=1S/C14H12F16O3/c1-5(15)3-4-6(2)31-8(10(20,21)32-7(16)9(17,18)19)33-14(29,30)12(24,25)11(22,23)13(26,27)28/h5,7-8H,2-4H2,1H3/t5-,7?,8?/m0/s1. The van der Waals surface area contributed by atoms with Crippen LogP contribution in [-0.4, -0.2) is 55.2 Å². The zero-order valence-electron chi connectivity index (χ0n) is 15.6. The van der Waals surface area contributed by atoms with Crippen LogP contribution in [0, 0.1) is 0 Å². The molecule has 19 heteroatoms. The molecule has 0 saturated heterocycles. The normalized spacial score (nSPS) is 17.5. The topological polar surface area (TPSA) is 27.7 Å². The van der Waals surface area contributed by atoms with Crippen LogP contribution in [0.1, 0.15) is 19.8 Å². The van der Waals surface area contributed by atoms with Crippen LogP contribution in [0.2, 0.25) is 0 Å². The number of hydrogen-bond acceptors (Lipinski definition) is 3. The average molecular weight is 532 g/mol. The van der Waals surface area contributed by atoms with Crippen LogP contribution in [0.25, 0.3) is 0 Å². The molecule has 0 heterocycles. The second-order valence-electron chi connectivity index (χ2n) is 6.13. The molecule has 198 valence electrons. The van der Waals surface area contributed by atoms with E-state index in [-0.39, 0.29) is 0 Å². The van der Waals surface area contributed by atoms with E-state index >= 15 is 0 Å². The van der Waals surface area contributed by atoms with E-state index in [1.165, 1.54) is 0 Å². The van der Waals surface area contributed by atoms with Crippen molar-refractivity contribution in [1.29, 1.82) is 0 Å². The third kappa shape index (κ3) is 7.68. The summed E-state index contributed by atoms with van der Waals surface area (Å²) in [5.41, 5.74) is 0. The molecule has 0 rings (SSSR count). The van der Waals surface area contributed by atoms with E-state index in [0.717, 1.165) is 6.92 Å². The lowest BCUT2D eigenvalue weighted by Crippen LogP contribution is -2.63. The van der Waals surface area contributed by atoms with E-state index in [2.05, 4.69) is 20.8 Å². The lowest BCUT2D eigenvalue weighted by Gasteiger charge is -2.36. The van der Waals surface area contributed by atoms with E-state index < -0.39 is 73.8 Å². The molecule has 3 atom stereocenters. The van der Waals surface area contributed by atoms with Gasteiger partial charge in [-0.05, 0) is 13.3 Å². The molecule has 0 amide bonds. The molecule has 0 aromatic carbocycles. The molecule has 0 aliphatic rings. The van der Waals surface area contributed by atoms with Crippen molar-refractivity contribution in [3.05, 3.63) is 12.3 Å². The van der Waals surface area contributed by atoms with Gasteiger partial charge < -0.3 is 4.74 Å². The van der Waals surface area contributed by atoms with Gasteiger partial charge in [-0.3, -0.25) is 9.47 Å². The monoisotopic (exact) mass is 532 g/mol. The van der Waals surface area contributed by atoms with Gasteiger partial charge >= 0.3 is 36.4 Å². The number of hydrogen-bond donors (Lipinski definition) is 0. The SMILES string of the molecule is C=C(CC[C@H](C)F)OC(OC(F)(F)C(F)(F)C(F)(F)C(F)(F)F)C(F)(F)OC(F)C(F)(F)F. The number of rotatable bonds is 12. The van der Waals surface area contributed by atoms with Gasteiger partial charge in [0.25, 0.3) is 12.6 Å². The Morgan fingerprint density at radius 3 is 1.58 bits per heavy atom. The largest absolute Gasteiger partial charge is 0.461 e. The minimum absolute atomic E-state index is 0.731. The van der Waals surface area contributed by atoms with Crippen LogP contribution in [-0.2, 0) is 14.2 Å². The van der Waals surface area contributed by atoms with Crippen molar-refractivity contribution in [1.82, 2.24) is 0 Å². The number of halogens is 16. The molecule has 0 radical (unpaired) electrons. The molecule has 0 aliphatic heterocycles. The minimum atomic E-state index is -7.66. The first kappa shape index (κ1) is 31.3. The highest BCUT2D eigenvalue weighted by Crippen LogP contribution is 2.54. The van der Waals surface area contributed by atoms with Gasteiger partial charge in [-0.2, -0.15) is 61.5 Å². The van der Waals surface area contributed by atoms with Gasteiger partial charge in [0.15, 0.2) is 0 Å². The van der Waals surface area contributed by atoms with Gasteiger partial charge in [-0.1, -0.05) is 6.58 Å². The molecule has 0 N–H and O–H groups in total. The van der Waals surface area contributed by atoms with Gasteiger partial charge in [0.05, 0.1) is 11.9 Å². The summed E-state index contributed by atoms with van der Waals surface area (Å²) in [7, 11) is 0. The zero-order chi connectivity index (χ0) is 26.8. The molecule has 0 aromatic heterocycles. The van der Waals surface area contributed by atoms with E-state index in [4.69, 9.17) is 0 Å². The quantitative estimate of drug-likeness (QED) is 0.156. The molecule has 33 heavy (non-hydrogen) atoms. The zero-order valence-corrected chi connectivity index (χ0v) is 15.6. The van der Waals surface area contributed by atoms with E-state index in [0.29, 0.717) is 0 Å². The van der Waals surface area contributed by atoms with Crippen LogP contribution in [0.4, 0.5) is 70.2 Å². The van der Waals surface area contributed by atoms with E-state index in [1.54, 1.807) is 0 Å². The molecule has 0 saturated carbocycles. The van der Waals surface area contributed by atoms with Gasteiger partial charge in [-0.15, -0.1) is 0 Å². The van der Waals surface area contributed by atoms with Crippen molar-refractivity contribution < 1.29 is 84.5 Å². The molecule has 0 spiro atoms. The highest BCUT2D eigenvalue weighted by atomic mass is 19.4. The second kappa shape index (κ2) is 9.91. The Kier molecular flexibility index (Phi) is 9.41. The molecule has 0 aromatic rings. The summed E-state index contributed by atoms with van der Waals surface area (Å²) in [5, 5.41) is 0. The summed E-state index contributed by atoms with van der Waals surface area (Å²) in [5.74, 6) is -16.7. The Bertz CT molecular complexity index is 654. The summed E-state index contributed by atoms with van der Waals surface area (Å²) in [6.45, 7) is 3.48. The lowest BCUT2D eigenvalue weighted by molar-refractivity contribution is -0.492. The van der Waals surface area contributed by atoms with Crippen LogP contribution in [0.15, 0.2) is 12.3 Å². The van der Waals surface area contributed by atoms with Crippen LogP contribution < -0.4 is 0 Å². The van der Waals surface area contributed by atoms with Crippen LogP contribution in [0.5, 0.6) is 0 Å². The first-order valence-corrected chi connectivity index (χ1v) is 7.92. The Morgan fingerprint density at radius 2 is 1.21 bits per heavy atom. The maximum atomic E-state index is 13.8. The third-order valence-electron chi connectivity index (χ3n) is 3.26. The number of ether oxygens (including phenoxy) is 3. The van der Waals surface area contributed by atoms with Gasteiger partial charge in [0.2, 0.25) is 0 Å². The predicted octanol–water partition coefficient (Wildman–Crippen LogP) is 6.89. The van der Waals surface area contributed by atoms with E-state index in [1.807, 2.05) is 0 Å². The Balaban J connectivity index is 6.15. The van der Waals surface area contributed by atoms with Crippen LogP contribution in [0.3, 0.4) is 0 Å². The fourth-order valence-corrected chi connectivity index (χ4v) is 1.56. The van der Waals surface area contributed by atoms with Crippen molar-refractivity contribution in [3.8, 4) is 0 Å². The molecule has 3 nitrogen and oxygen atoms in total. The maximum absolute atomic E-state index is 13.8. The summed E-state index contributed by atoms with van der Waals surface area (Å²) in [6.07, 6.45) is -40.4. The van der Waals surface area contributed by atoms with Crippen molar-refractivity contribution in [2.45, 2.75) is 75.0 Å². The number of allylic oxidation sites excluding steroid dienone is 1. The summed E-state index contributed by atoms with van der Waals surface area (Å²) in [6, 6.07) is 0. The van der Waals surface area contributed by atoms with Crippen molar-refractivity contribution in [2.24, 2.45) is 0 Å². The van der Waals surface area contributed by atoms with Crippen LogP contribution >= 0.6 is 0 Å². The summed E-state index contributed by atoms with van der Waals surface area (Å²) >= 11 is 0. The van der Waals surface area contributed by atoms with Gasteiger partial charge in [0, 0.05) is 6.42 Å². The minimum Gasteiger partial charge on any atom is -0.461 e. The van der Waals surface area contributed by atoms with Crippen molar-refractivity contribution >= 4 is 0 Å². The summed E-state index contributed by atoms with van der Waals surface area (Å²) < 4.78 is 213. The fraction of sp³-hybridized carbons (Fsp3) is 0.857. The summed E-state index contributed by atoms with van der Waals surface area (Å²) in [4.78, 5) is 0. The maximum Gasteiger partial charge on any atom is 0.460 e.